The van der Waals surface area contributed by atoms with Crippen molar-refractivity contribution in [1.29, 1.82) is 0 Å². The second-order valence-corrected chi connectivity index (χ2v) is 5.30. The quantitative estimate of drug-likeness (QED) is 0.443. The van der Waals surface area contributed by atoms with E-state index in [9.17, 15) is 0 Å². The fraction of sp³-hybridized carbons (Fsp3) is 0.667. The van der Waals surface area contributed by atoms with E-state index in [0.29, 0.717) is 5.92 Å². The molecule has 0 bridgehead atoms. The fourth-order valence-corrected chi connectivity index (χ4v) is 2.39. The maximum Gasteiger partial charge on any atom is 0.135 e. The number of hydrogen-bond donors (Lipinski definition) is 2. The van der Waals surface area contributed by atoms with Crippen molar-refractivity contribution in [2.24, 2.45) is 0 Å². The summed E-state index contributed by atoms with van der Waals surface area (Å²) in [6.07, 6.45) is 3.25. The highest BCUT2D eigenvalue weighted by Gasteiger charge is 2.27. The van der Waals surface area contributed by atoms with Crippen LogP contribution in [0.2, 0.25) is 0 Å². The summed E-state index contributed by atoms with van der Waals surface area (Å²) in [4.78, 5) is 9.11. The van der Waals surface area contributed by atoms with Gasteiger partial charge < -0.3 is 10.4 Å². The maximum atomic E-state index is 8.78. The Morgan fingerprint density at radius 3 is 2.94 bits per heavy atom. The van der Waals surface area contributed by atoms with Gasteiger partial charge in [0.15, 0.2) is 0 Å². The maximum absolute atomic E-state index is 8.78. The van der Waals surface area contributed by atoms with E-state index in [1.807, 2.05) is 6.07 Å². The zero-order chi connectivity index (χ0) is 12.1. The van der Waals surface area contributed by atoms with E-state index in [1.165, 1.54) is 12.8 Å². The second kappa shape index (κ2) is 6.21. The molecule has 0 aromatic carbocycles. The van der Waals surface area contributed by atoms with Crippen molar-refractivity contribution >= 4 is 17.6 Å². The van der Waals surface area contributed by atoms with E-state index in [1.54, 1.807) is 11.8 Å². The van der Waals surface area contributed by atoms with Crippen molar-refractivity contribution in [3.63, 3.8) is 0 Å². The normalized spacial score (nSPS) is 14.9. The summed E-state index contributed by atoms with van der Waals surface area (Å²) in [7, 11) is 0. The van der Waals surface area contributed by atoms with Crippen molar-refractivity contribution in [3.8, 4) is 0 Å². The molecule has 1 saturated carbocycles. The van der Waals surface area contributed by atoms with E-state index in [0.717, 1.165) is 35.4 Å². The zero-order valence-electron chi connectivity index (χ0n) is 10.1. The molecule has 17 heavy (non-hydrogen) atoms. The van der Waals surface area contributed by atoms with Gasteiger partial charge in [-0.2, -0.15) is 0 Å². The molecule has 0 atom stereocenters. The number of nitrogens with one attached hydrogen (secondary N) is 1. The third-order valence-corrected chi connectivity index (χ3v) is 3.57. The molecule has 0 unspecified atom stereocenters. The Morgan fingerprint density at radius 2 is 2.29 bits per heavy atom. The molecule has 0 amide bonds. The minimum absolute atomic E-state index is 0.244. The van der Waals surface area contributed by atoms with Gasteiger partial charge in [0.1, 0.15) is 16.7 Å². The van der Waals surface area contributed by atoms with Crippen LogP contribution in [0.4, 0.5) is 5.82 Å². The molecule has 1 heterocycles. The van der Waals surface area contributed by atoms with Crippen LogP contribution in [0.3, 0.4) is 0 Å². The molecule has 0 saturated heterocycles. The number of thioether (sulfide) groups is 1. The van der Waals surface area contributed by atoms with Gasteiger partial charge in [-0.3, -0.25) is 0 Å². The Kier molecular flexibility index (Phi) is 4.62. The number of aliphatic hydroxyl groups is 1. The van der Waals surface area contributed by atoms with Gasteiger partial charge >= 0.3 is 0 Å². The number of hydrogen-bond acceptors (Lipinski definition) is 5. The second-order valence-electron chi connectivity index (χ2n) is 4.18. The molecule has 0 aliphatic heterocycles. The highest BCUT2D eigenvalue weighted by Crippen LogP contribution is 2.39. The van der Waals surface area contributed by atoms with E-state index in [2.05, 4.69) is 22.2 Å². The van der Waals surface area contributed by atoms with Crippen LogP contribution in [0.15, 0.2) is 11.1 Å². The van der Waals surface area contributed by atoms with Gasteiger partial charge in [-0.05, 0) is 26.2 Å². The van der Waals surface area contributed by atoms with E-state index >= 15 is 0 Å². The molecular formula is C12H19N3OS. The average molecular weight is 253 g/mol. The number of aromatic nitrogens is 2. The number of aliphatic hydroxyl groups excluding tert-OH is 1. The van der Waals surface area contributed by atoms with E-state index in [4.69, 9.17) is 5.11 Å². The molecule has 1 aliphatic rings. The standard InChI is InChI=1S/C12H19N3OS/c1-2-13-10-8-11(17-7-3-6-16)15-12(14-10)9-4-5-9/h8-9,16H,2-7H2,1H3,(H,13,14,15). The lowest BCUT2D eigenvalue weighted by atomic mass is 10.4. The van der Waals surface area contributed by atoms with E-state index < -0.39 is 0 Å². The van der Waals surface area contributed by atoms with Crippen LogP contribution in [0, 0.1) is 0 Å². The van der Waals surface area contributed by atoms with Crippen molar-refractivity contribution in [2.75, 3.05) is 24.2 Å². The predicted octanol–water partition coefficient (Wildman–Crippen LogP) is 2.26. The largest absolute Gasteiger partial charge is 0.396 e. The Bertz CT molecular complexity index is 369. The first-order chi connectivity index (χ1) is 8.33. The molecule has 1 fully saturated rings. The van der Waals surface area contributed by atoms with Crippen LogP contribution in [0.25, 0.3) is 0 Å². The first-order valence-corrected chi connectivity index (χ1v) is 7.18. The van der Waals surface area contributed by atoms with Gasteiger partial charge in [0.25, 0.3) is 0 Å². The van der Waals surface area contributed by atoms with Gasteiger partial charge in [0, 0.05) is 30.9 Å². The van der Waals surface area contributed by atoms with Gasteiger partial charge in [-0.15, -0.1) is 11.8 Å². The monoisotopic (exact) mass is 253 g/mol. The third kappa shape index (κ3) is 3.85. The Labute approximate surface area is 106 Å². The summed E-state index contributed by atoms with van der Waals surface area (Å²) in [5, 5.41) is 13.0. The molecule has 2 N–H and O–H groups in total. The van der Waals surface area contributed by atoms with Gasteiger partial charge in [0.05, 0.1) is 0 Å². The van der Waals surface area contributed by atoms with Gasteiger partial charge in [-0.25, -0.2) is 9.97 Å². The van der Waals surface area contributed by atoms with Crippen molar-refractivity contribution in [2.45, 2.75) is 37.1 Å². The summed E-state index contributed by atoms with van der Waals surface area (Å²) in [5.74, 6) is 3.39. The Balaban J connectivity index is 2.06. The van der Waals surface area contributed by atoms with Gasteiger partial charge in [0.2, 0.25) is 0 Å². The van der Waals surface area contributed by atoms with Gasteiger partial charge in [-0.1, -0.05) is 0 Å². The Hall–Kier alpha value is -0.810. The van der Waals surface area contributed by atoms with Crippen LogP contribution < -0.4 is 5.32 Å². The summed E-state index contributed by atoms with van der Waals surface area (Å²) in [5.41, 5.74) is 0. The highest BCUT2D eigenvalue weighted by atomic mass is 32.2. The third-order valence-electron chi connectivity index (χ3n) is 2.57. The summed E-state index contributed by atoms with van der Waals surface area (Å²) in [6, 6.07) is 2.00. The summed E-state index contributed by atoms with van der Waals surface area (Å²) in [6.45, 7) is 3.19. The van der Waals surface area contributed by atoms with Crippen molar-refractivity contribution in [3.05, 3.63) is 11.9 Å². The highest BCUT2D eigenvalue weighted by molar-refractivity contribution is 7.99. The predicted molar refractivity (Wildman–Crippen MR) is 70.6 cm³/mol. The van der Waals surface area contributed by atoms with Crippen LogP contribution in [0.5, 0.6) is 0 Å². The fourth-order valence-electron chi connectivity index (χ4n) is 1.55. The SMILES string of the molecule is CCNc1cc(SCCCO)nc(C2CC2)n1. The molecule has 1 aliphatic carbocycles. The lowest BCUT2D eigenvalue weighted by Gasteiger charge is -2.07. The molecule has 1 aromatic heterocycles. The minimum atomic E-state index is 0.244. The molecular weight excluding hydrogens is 234 g/mol. The molecule has 1 aromatic rings. The minimum Gasteiger partial charge on any atom is -0.396 e. The van der Waals surface area contributed by atoms with Crippen molar-refractivity contribution < 1.29 is 5.11 Å². The van der Waals surface area contributed by atoms with Crippen LogP contribution in [-0.4, -0.2) is 34.0 Å². The summed E-state index contributed by atoms with van der Waals surface area (Å²) >= 11 is 1.69. The lowest BCUT2D eigenvalue weighted by molar-refractivity contribution is 0.296. The van der Waals surface area contributed by atoms with Crippen LogP contribution in [0.1, 0.15) is 37.9 Å². The van der Waals surface area contributed by atoms with Crippen LogP contribution in [-0.2, 0) is 0 Å². The molecule has 0 spiro atoms. The summed E-state index contributed by atoms with van der Waals surface area (Å²) < 4.78 is 0. The first-order valence-electron chi connectivity index (χ1n) is 6.20. The topological polar surface area (TPSA) is 58.0 Å². The first kappa shape index (κ1) is 12.6. The molecule has 5 heteroatoms. The van der Waals surface area contributed by atoms with Crippen LogP contribution >= 0.6 is 11.8 Å². The molecule has 4 nitrogen and oxygen atoms in total. The lowest BCUT2D eigenvalue weighted by Crippen LogP contribution is -2.04. The molecule has 0 radical (unpaired) electrons. The number of anilines is 1. The van der Waals surface area contributed by atoms with Crippen molar-refractivity contribution in [1.82, 2.24) is 9.97 Å². The molecule has 94 valence electrons. The van der Waals surface area contributed by atoms with E-state index in [-0.39, 0.29) is 6.61 Å². The zero-order valence-corrected chi connectivity index (χ0v) is 11.0. The average Bonchev–Trinajstić information content (AvgIpc) is 3.13. The number of rotatable bonds is 7. The smallest absolute Gasteiger partial charge is 0.135 e. The Morgan fingerprint density at radius 1 is 1.47 bits per heavy atom. The molecule has 2 rings (SSSR count). The number of nitrogens with zero attached hydrogens (tertiary/aromatic N) is 2.